The van der Waals surface area contributed by atoms with Crippen molar-refractivity contribution in [2.45, 2.75) is 24.8 Å². The average Bonchev–Trinajstić information content (AvgIpc) is 3.36. The zero-order valence-electron chi connectivity index (χ0n) is 14.5. The van der Waals surface area contributed by atoms with Crippen LogP contribution in [-0.4, -0.2) is 25.0 Å². The Labute approximate surface area is 157 Å². The number of hydrogen-bond acceptors (Lipinski definition) is 8. The van der Waals surface area contributed by atoms with Crippen molar-refractivity contribution in [2.24, 2.45) is 0 Å². The van der Waals surface area contributed by atoms with Gasteiger partial charge in [0.25, 0.3) is 0 Å². The zero-order valence-corrected chi connectivity index (χ0v) is 15.3. The second-order valence-corrected chi connectivity index (χ2v) is 6.77. The molecule has 8 nitrogen and oxygen atoms in total. The molecule has 3 heterocycles. The summed E-state index contributed by atoms with van der Waals surface area (Å²) in [6.07, 6.45) is 1.57. The SMILES string of the molecule is Cc1ccc(-c2noc(CSc3nnc(-c4ccoc4C)n3N)n2)cc1F. The predicted octanol–water partition coefficient (Wildman–Crippen LogP) is 3.35. The van der Waals surface area contributed by atoms with Crippen LogP contribution in [0.25, 0.3) is 22.8 Å². The largest absolute Gasteiger partial charge is 0.469 e. The summed E-state index contributed by atoms with van der Waals surface area (Å²) in [4.78, 5) is 4.29. The third-order valence-electron chi connectivity index (χ3n) is 3.99. The molecule has 0 saturated carbocycles. The van der Waals surface area contributed by atoms with Crippen LogP contribution in [0.15, 0.2) is 44.6 Å². The van der Waals surface area contributed by atoms with Crippen LogP contribution >= 0.6 is 11.8 Å². The van der Waals surface area contributed by atoms with Crippen molar-refractivity contribution in [2.75, 3.05) is 5.84 Å². The molecule has 1 aromatic carbocycles. The van der Waals surface area contributed by atoms with Crippen molar-refractivity contribution in [3.8, 4) is 22.8 Å². The summed E-state index contributed by atoms with van der Waals surface area (Å²) in [6.45, 7) is 3.52. The van der Waals surface area contributed by atoms with Crippen LogP contribution in [0.5, 0.6) is 0 Å². The van der Waals surface area contributed by atoms with Crippen LogP contribution in [0.3, 0.4) is 0 Å². The van der Waals surface area contributed by atoms with E-state index in [0.717, 1.165) is 5.56 Å². The van der Waals surface area contributed by atoms with Crippen molar-refractivity contribution in [3.05, 3.63) is 53.6 Å². The van der Waals surface area contributed by atoms with Gasteiger partial charge in [0.2, 0.25) is 16.9 Å². The van der Waals surface area contributed by atoms with Crippen LogP contribution in [0.4, 0.5) is 4.39 Å². The van der Waals surface area contributed by atoms with E-state index in [9.17, 15) is 4.39 Å². The van der Waals surface area contributed by atoms with Gasteiger partial charge < -0.3 is 14.8 Å². The van der Waals surface area contributed by atoms with Gasteiger partial charge in [-0.25, -0.2) is 9.07 Å². The molecule has 0 saturated heterocycles. The fourth-order valence-corrected chi connectivity index (χ4v) is 3.16. The van der Waals surface area contributed by atoms with Crippen LogP contribution in [0, 0.1) is 19.7 Å². The Balaban J connectivity index is 1.49. The Morgan fingerprint density at radius 2 is 2.07 bits per heavy atom. The van der Waals surface area contributed by atoms with E-state index >= 15 is 0 Å². The Hall–Kier alpha value is -3.14. The normalized spacial score (nSPS) is 11.2. The molecule has 0 bridgehead atoms. The number of rotatable bonds is 5. The Morgan fingerprint density at radius 3 is 2.81 bits per heavy atom. The topological polar surface area (TPSA) is 109 Å². The first-order valence-electron chi connectivity index (χ1n) is 8.00. The van der Waals surface area contributed by atoms with Gasteiger partial charge in [-0.3, -0.25) is 0 Å². The maximum absolute atomic E-state index is 13.7. The first-order chi connectivity index (χ1) is 13.0. The first kappa shape index (κ1) is 17.3. The number of hydrogen-bond donors (Lipinski definition) is 1. The highest BCUT2D eigenvalue weighted by Crippen LogP contribution is 2.27. The molecule has 0 radical (unpaired) electrons. The molecule has 10 heteroatoms. The first-order valence-corrected chi connectivity index (χ1v) is 8.98. The second kappa shape index (κ2) is 6.88. The number of aryl methyl sites for hydroxylation is 2. The molecule has 0 atom stereocenters. The maximum Gasteiger partial charge on any atom is 0.237 e. The van der Waals surface area contributed by atoms with Gasteiger partial charge in [-0.1, -0.05) is 29.1 Å². The number of halogens is 1. The highest BCUT2D eigenvalue weighted by molar-refractivity contribution is 7.98. The number of furan rings is 1. The van der Waals surface area contributed by atoms with E-state index in [2.05, 4.69) is 20.3 Å². The van der Waals surface area contributed by atoms with E-state index in [0.29, 0.717) is 45.3 Å². The lowest BCUT2D eigenvalue weighted by Gasteiger charge is -2.01. The van der Waals surface area contributed by atoms with Gasteiger partial charge in [0, 0.05) is 5.56 Å². The monoisotopic (exact) mass is 386 g/mol. The van der Waals surface area contributed by atoms with Gasteiger partial charge in [-0.05, 0) is 31.5 Å². The van der Waals surface area contributed by atoms with Crippen LogP contribution < -0.4 is 5.84 Å². The highest BCUT2D eigenvalue weighted by atomic mass is 32.2. The van der Waals surface area contributed by atoms with Crippen molar-refractivity contribution in [1.82, 2.24) is 25.0 Å². The number of benzene rings is 1. The Bertz CT molecular complexity index is 1100. The third-order valence-corrected chi connectivity index (χ3v) is 4.91. The molecule has 0 fully saturated rings. The molecular weight excluding hydrogens is 371 g/mol. The minimum Gasteiger partial charge on any atom is -0.469 e. The van der Waals surface area contributed by atoms with Gasteiger partial charge in [0.05, 0.1) is 17.6 Å². The molecule has 0 aliphatic heterocycles. The zero-order chi connectivity index (χ0) is 19.0. The number of nitrogen functional groups attached to an aromatic ring is 1. The third kappa shape index (κ3) is 3.31. The fraction of sp³-hybridized carbons (Fsp3) is 0.176. The smallest absolute Gasteiger partial charge is 0.237 e. The van der Waals surface area contributed by atoms with Crippen LogP contribution in [-0.2, 0) is 5.75 Å². The standard InChI is InChI=1S/C17H15FN6O2S/c1-9-3-4-11(7-13(9)18)15-20-14(26-23-15)8-27-17-22-21-16(24(17)19)12-5-6-25-10(12)2/h3-7H,8,19H2,1-2H3. The Kier molecular flexibility index (Phi) is 4.40. The average molecular weight is 386 g/mol. The van der Waals surface area contributed by atoms with Gasteiger partial charge in [0.15, 0.2) is 5.82 Å². The van der Waals surface area contributed by atoms with E-state index in [1.165, 1.54) is 22.5 Å². The van der Waals surface area contributed by atoms with Gasteiger partial charge >= 0.3 is 0 Å². The summed E-state index contributed by atoms with van der Waals surface area (Å²) in [5, 5.41) is 12.6. The molecular formula is C17H15FN6O2S. The van der Waals surface area contributed by atoms with Gasteiger partial charge in [-0.15, -0.1) is 10.2 Å². The molecule has 4 aromatic rings. The van der Waals surface area contributed by atoms with Crippen LogP contribution in [0.2, 0.25) is 0 Å². The van der Waals surface area contributed by atoms with Crippen LogP contribution in [0.1, 0.15) is 17.2 Å². The molecule has 27 heavy (non-hydrogen) atoms. The fourth-order valence-electron chi connectivity index (χ4n) is 2.47. The minimum absolute atomic E-state index is 0.313. The molecule has 138 valence electrons. The number of nitrogens with two attached hydrogens (primary N) is 1. The van der Waals surface area contributed by atoms with Crippen molar-refractivity contribution >= 4 is 11.8 Å². The molecule has 0 spiro atoms. The van der Waals surface area contributed by atoms with Gasteiger partial charge in [-0.2, -0.15) is 4.98 Å². The van der Waals surface area contributed by atoms with Gasteiger partial charge in [0.1, 0.15) is 11.6 Å². The minimum atomic E-state index is -0.313. The van der Waals surface area contributed by atoms with Crippen molar-refractivity contribution in [3.63, 3.8) is 0 Å². The molecule has 0 aliphatic rings. The second-order valence-electron chi connectivity index (χ2n) is 5.83. The molecule has 4 rings (SSSR count). The summed E-state index contributed by atoms with van der Waals surface area (Å²) >= 11 is 1.30. The predicted molar refractivity (Wildman–Crippen MR) is 96.6 cm³/mol. The van der Waals surface area contributed by atoms with E-state index in [1.54, 1.807) is 31.4 Å². The van der Waals surface area contributed by atoms with E-state index in [1.807, 2.05) is 6.92 Å². The van der Waals surface area contributed by atoms with E-state index in [4.69, 9.17) is 14.8 Å². The molecule has 3 aromatic heterocycles. The van der Waals surface area contributed by atoms with E-state index in [-0.39, 0.29) is 5.82 Å². The van der Waals surface area contributed by atoms with E-state index < -0.39 is 0 Å². The van der Waals surface area contributed by atoms with Crippen molar-refractivity contribution < 1.29 is 13.3 Å². The molecule has 0 unspecified atom stereocenters. The molecule has 0 amide bonds. The van der Waals surface area contributed by atoms with Crippen molar-refractivity contribution in [1.29, 1.82) is 0 Å². The number of thioether (sulfide) groups is 1. The lowest BCUT2D eigenvalue weighted by atomic mass is 10.1. The lowest BCUT2D eigenvalue weighted by Crippen LogP contribution is -2.11. The highest BCUT2D eigenvalue weighted by Gasteiger charge is 2.17. The summed E-state index contributed by atoms with van der Waals surface area (Å²) in [7, 11) is 0. The summed E-state index contributed by atoms with van der Waals surface area (Å²) in [5.41, 5.74) is 1.89. The number of nitrogens with zero attached hydrogens (tertiary/aromatic N) is 5. The summed E-state index contributed by atoms with van der Waals surface area (Å²) in [6, 6.07) is 6.58. The molecule has 2 N–H and O–H groups in total. The molecule has 0 aliphatic carbocycles. The maximum atomic E-state index is 13.7. The number of aromatic nitrogens is 5. The summed E-state index contributed by atoms with van der Waals surface area (Å²) in [5.74, 6) is 8.02. The summed E-state index contributed by atoms with van der Waals surface area (Å²) < 4.78 is 25.6. The lowest BCUT2D eigenvalue weighted by molar-refractivity contribution is 0.391. The Morgan fingerprint density at radius 1 is 1.22 bits per heavy atom. The quantitative estimate of drug-likeness (QED) is 0.411.